The van der Waals surface area contributed by atoms with Gasteiger partial charge in [0.15, 0.2) is 0 Å². The second-order valence-corrected chi connectivity index (χ2v) is 4.88. The molecule has 1 saturated heterocycles. The van der Waals surface area contributed by atoms with Crippen LogP contribution in [0.3, 0.4) is 0 Å². The quantitative estimate of drug-likeness (QED) is 0.883. The van der Waals surface area contributed by atoms with Crippen molar-refractivity contribution in [3.05, 3.63) is 48.0 Å². The third-order valence-corrected chi connectivity index (χ3v) is 3.50. The summed E-state index contributed by atoms with van der Waals surface area (Å²) in [6, 6.07) is 10.4. The van der Waals surface area contributed by atoms with Crippen LogP contribution in [0.5, 0.6) is 0 Å². The van der Waals surface area contributed by atoms with Crippen LogP contribution in [-0.2, 0) is 13.0 Å². The molecule has 1 unspecified atom stereocenters. The number of rotatable bonds is 4. The molecule has 0 amide bonds. The molecule has 1 aliphatic heterocycles. The van der Waals surface area contributed by atoms with E-state index in [2.05, 4.69) is 39.7 Å². The lowest BCUT2D eigenvalue weighted by Gasteiger charge is -2.09. The molecular formula is C14H18N4. The smallest absolute Gasteiger partial charge is 0.138 e. The monoisotopic (exact) mass is 242 g/mol. The van der Waals surface area contributed by atoms with Gasteiger partial charge in [-0.3, -0.25) is 0 Å². The second-order valence-electron chi connectivity index (χ2n) is 4.88. The fraction of sp³-hybridized carbons (Fsp3) is 0.429. The Kier molecular flexibility index (Phi) is 3.37. The van der Waals surface area contributed by atoms with Gasteiger partial charge in [0.25, 0.3) is 0 Å². The molecule has 0 spiro atoms. The molecule has 3 rings (SSSR count). The van der Waals surface area contributed by atoms with E-state index in [1.54, 1.807) is 6.33 Å². The minimum absolute atomic E-state index is 0.712. The molecule has 1 aromatic heterocycles. The lowest BCUT2D eigenvalue weighted by Crippen LogP contribution is -2.15. The third kappa shape index (κ3) is 2.59. The molecule has 2 aromatic rings. The van der Waals surface area contributed by atoms with Crippen LogP contribution in [-0.4, -0.2) is 27.9 Å². The van der Waals surface area contributed by atoms with Crippen LogP contribution in [0, 0.1) is 5.92 Å². The summed E-state index contributed by atoms with van der Waals surface area (Å²) in [5, 5.41) is 7.74. The predicted octanol–water partition coefficient (Wildman–Crippen LogP) is 1.48. The minimum Gasteiger partial charge on any atom is -0.316 e. The zero-order valence-corrected chi connectivity index (χ0v) is 10.4. The van der Waals surface area contributed by atoms with Crippen LogP contribution >= 0.6 is 0 Å². The van der Waals surface area contributed by atoms with E-state index in [0.29, 0.717) is 5.92 Å². The first-order valence-electron chi connectivity index (χ1n) is 6.53. The average molecular weight is 242 g/mol. The summed E-state index contributed by atoms with van der Waals surface area (Å²) in [6.45, 7) is 3.06. The fourth-order valence-electron chi connectivity index (χ4n) is 2.48. The van der Waals surface area contributed by atoms with Gasteiger partial charge < -0.3 is 5.32 Å². The highest BCUT2D eigenvalue weighted by Crippen LogP contribution is 2.14. The molecular weight excluding hydrogens is 224 g/mol. The summed E-state index contributed by atoms with van der Waals surface area (Å²) in [5.74, 6) is 1.82. The van der Waals surface area contributed by atoms with Crippen molar-refractivity contribution in [1.82, 2.24) is 20.1 Å². The SMILES string of the molecule is c1ccc(Cn2ncnc2CC2CCNC2)cc1. The fourth-order valence-corrected chi connectivity index (χ4v) is 2.48. The molecule has 1 aromatic carbocycles. The Balaban J connectivity index is 1.71. The first-order chi connectivity index (χ1) is 8.92. The van der Waals surface area contributed by atoms with Crippen molar-refractivity contribution in [3.8, 4) is 0 Å². The van der Waals surface area contributed by atoms with E-state index in [1.165, 1.54) is 12.0 Å². The van der Waals surface area contributed by atoms with Crippen molar-refractivity contribution in [3.63, 3.8) is 0 Å². The topological polar surface area (TPSA) is 42.7 Å². The number of hydrogen-bond donors (Lipinski definition) is 1. The van der Waals surface area contributed by atoms with Gasteiger partial charge in [-0.05, 0) is 31.0 Å². The highest BCUT2D eigenvalue weighted by molar-refractivity contribution is 5.15. The number of hydrogen-bond acceptors (Lipinski definition) is 3. The van der Waals surface area contributed by atoms with Gasteiger partial charge in [0.2, 0.25) is 0 Å². The van der Waals surface area contributed by atoms with Crippen LogP contribution < -0.4 is 5.32 Å². The Bertz CT molecular complexity index is 486. The summed E-state index contributed by atoms with van der Waals surface area (Å²) in [7, 11) is 0. The summed E-state index contributed by atoms with van der Waals surface area (Å²) in [5.41, 5.74) is 1.27. The van der Waals surface area contributed by atoms with Gasteiger partial charge in [0.05, 0.1) is 6.54 Å². The van der Waals surface area contributed by atoms with Gasteiger partial charge >= 0.3 is 0 Å². The molecule has 0 radical (unpaired) electrons. The predicted molar refractivity (Wildman–Crippen MR) is 70.2 cm³/mol. The molecule has 1 aliphatic rings. The number of nitrogens with one attached hydrogen (secondary N) is 1. The van der Waals surface area contributed by atoms with E-state index in [0.717, 1.165) is 31.9 Å². The van der Waals surface area contributed by atoms with Gasteiger partial charge in [-0.1, -0.05) is 30.3 Å². The third-order valence-electron chi connectivity index (χ3n) is 3.50. The van der Waals surface area contributed by atoms with Gasteiger partial charge in [-0.15, -0.1) is 0 Å². The summed E-state index contributed by atoms with van der Waals surface area (Å²) in [6.07, 6.45) is 3.94. The molecule has 4 nitrogen and oxygen atoms in total. The Morgan fingerprint density at radius 3 is 2.94 bits per heavy atom. The minimum atomic E-state index is 0.712. The first kappa shape index (κ1) is 11.4. The molecule has 4 heteroatoms. The summed E-state index contributed by atoms with van der Waals surface area (Å²) in [4.78, 5) is 4.40. The number of nitrogens with zero attached hydrogens (tertiary/aromatic N) is 3. The maximum absolute atomic E-state index is 4.40. The van der Waals surface area contributed by atoms with Gasteiger partial charge in [-0.25, -0.2) is 9.67 Å². The molecule has 18 heavy (non-hydrogen) atoms. The molecule has 0 bridgehead atoms. The molecule has 0 saturated carbocycles. The standard InChI is InChI=1S/C14H18N4/c1-2-4-12(5-3-1)10-18-14(16-11-17-18)8-13-6-7-15-9-13/h1-5,11,13,15H,6-10H2. The normalized spacial score (nSPS) is 19.2. The molecule has 1 fully saturated rings. The first-order valence-corrected chi connectivity index (χ1v) is 6.53. The van der Waals surface area contributed by atoms with Gasteiger partial charge in [-0.2, -0.15) is 5.10 Å². The van der Waals surface area contributed by atoms with Crippen molar-refractivity contribution >= 4 is 0 Å². The Morgan fingerprint density at radius 1 is 1.28 bits per heavy atom. The van der Waals surface area contributed by atoms with Crippen molar-refractivity contribution < 1.29 is 0 Å². The largest absolute Gasteiger partial charge is 0.316 e. The second kappa shape index (κ2) is 5.31. The van der Waals surface area contributed by atoms with E-state index >= 15 is 0 Å². The van der Waals surface area contributed by atoms with Crippen LogP contribution in [0.1, 0.15) is 17.8 Å². The van der Waals surface area contributed by atoms with E-state index in [4.69, 9.17) is 0 Å². The van der Waals surface area contributed by atoms with Crippen molar-refractivity contribution in [2.24, 2.45) is 5.92 Å². The maximum atomic E-state index is 4.40. The number of benzene rings is 1. The highest BCUT2D eigenvalue weighted by Gasteiger charge is 2.17. The van der Waals surface area contributed by atoms with Crippen LogP contribution in [0.25, 0.3) is 0 Å². The van der Waals surface area contributed by atoms with Crippen molar-refractivity contribution in [2.75, 3.05) is 13.1 Å². The van der Waals surface area contributed by atoms with Crippen LogP contribution in [0.15, 0.2) is 36.7 Å². The van der Waals surface area contributed by atoms with Crippen LogP contribution in [0.4, 0.5) is 0 Å². The van der Waals surface area contributed by atoms with E-state index in [9.17, 15) is 0 Å². The van der Waals surface area contributed by atoms with E-state index in [-0.39, 0.29) is 0 Å². The zero-order chi connectivity index (χ0) is 12.2. The van der Waals surface area contributed by atoms with Crippen LogP contribution in [0.2, 0.25) is 0 Å². The van der Waals surface area contributed by atoms with E-state index in [1.807, 2.05) is 10.7 Å². The Labute approximate surface area is 107 Å². The Morgan fingerprint density at radius 2 is 2.17 bits per heavy atom. The molecule has 0 aliphatic carbocycles. The number of aromatic nitrogens is 3. The zero-order valence-electron chi connectivity index (χ0n) is 10.4. The molecule has 2 heterocycles. The molecule has 1 atom stereocenters. The van der Waals surface area contributed by atoms with Gasteiger partial charge in [0.1, 0.15) is 12.2 Å². The molecule has 1 N–H and O–H groups in total. The highest BCUT2D eigenvalue weighted by atomic mass is 15.3. The lowest BCUT2D eigenvalue weighted by atomic mass is 10.0. The van der Waals surface area contributed by atoms with E-state index < -0.39 is 0 Å². The average Bonchev–Trinajstić information content (AvgIpc) is 3.04. The molecule has 94 valence electrons. The lowest BCUT2D eigenvalue weighted by molar-refractivity contribution is 0.527. The summed E-state index contributed by atoms with van der Waals surface area (Å²) >= 11 is 0. The van der Waals surface area contributed by atoms with Crippen molar-refractivity contribution in [2.45, 2.75) is 19.4 Å². The Hall–Kier alpha value is -1.68. The summed E-state index contributed by atoms with van der Waals surface area (Å²) < 4.78 is 2.02. The van der Waals surface area contributed by atoms with Crippen molar-refractivity contribution in [1.29, 1.82) is 0 Å². The van der Waals surface area contributed by atoms with Gasteiger partial charge in [0, 0.05) is 6.42 Å². The maximum Gasteiger partial charge on any atom is 0.138 e.